The second kappa shape index (κ2) is 6.57. The van der Waals surface area contributed by atoms with Crippen LogP contribution in [0.3, 0.4) is 0 Å². The van der Waals surface area contributed by atoms with Crippen molar-refractivity contribution >= 4 is 34.8 Å². The number of anilines is 2. The van der Waals surface area contributed by atoms with Gasteiger partial charge >= 0.3 is 0 Å². The van der Waals surface area contributed by atoms with Crippen LogP contribution in [0.5, 0.6) is 0 Å². The van der Waals surface area contributed by atoms with E-state index in [0.29, 0.717) is 17.1 Å². The highest BCUT2D eigenvalue weighted by Crippen LogP contribution is 2.40. The maximum absolute atomic E-state index is 13.5. The number of benzene rings is 2. The Hall–Kier alpha value is -2.47. The standard InChI is InChI=1S/C17H13ClF2N2O2/c18-9-3-1-4-10(7-9)21-16(23)11-8-12(11)17(24)22-15-13(19)5-2-6-14(15)20/h1-7,11-12H,8H2,(H,21,23)(H,22,24). The van der Waals surface area contributed by atoms with Crippen molar-refractivity contribution in [3.05, 3.63) is 59.1 Å². The smallest absolute Gasteiger partial charge is 0.228 e. The minimum atomic E-state index is -0.857. The van der Waals surface area contributed by atoms with Gasteiger partial charge in [0.05, 0.1) is 11.8 Å². The molecule has 0 spiro atoms. The van der Waals surface area contributed by atoms with Gasteiger partial charge in [-0.2, -0.15) is 0 Å². The molecular weight excluding hydrogens is 338 g/mol. The molecule has 24 heavy (non-hydrogen) atoms. The lowest BCUT2D eigenvalue weighted by molar-refractivity contribution is -0.122. The van der Waals surface area contributed by atoms with Gasteiger partial charge in [-0.25, -0.2) is 8.78 Å². The zero-order valence-corrected chi connectivity index (χ0v) is 13.1. The van der Waals surface area contributed by atoms with Gasteiger partial charge in [0.1, 0.15) is 17.3 Å². The number of halogens is 3. The minimum absolute atomic E-state index is 0.327. The molecule has 1 fully saturated rings. The van der Waals surface area contributed by atoms with E-state index in [4.69, 9.17) is 11.6 Å². The molecule has 2 aromatic rings. The lowest BCUT2D eigenvalue weighted by atomic mass is 10.2. The van der Waals surface area contributed by atoms with Crippen molar-refractivity contribution in [2.45, 2.75) is 6.42 Å². The molecule has 2 amide bonds. The van der Waals surface area contributed by atoms with Gasteiger partial charge in [0.2, 0.25) is 11.8 Å². The molecule has 0 bridgehead atoms. The summed E-state index contributed by atoms with van der Waals surface area (Å²) < 4.78 is 27.1. The van der Waals surface area contributed by atoms with Gasteiger partial charge < -0.3 is 10.6 Å². The summed E-state index contributed by atoms with van der Waals surface area (Å²) in [5.74, 6) is -3.76. The molecule has 0 saturated heterocycles. The molecule has 0 heterocycles. The molecule has 7 heteroatoms. The first-order valence-corrected chi connectivity index (χ1v) is 7.65. The topological polar surface area (TPSA) is 58.2 Å². The Labute approximate surface area is 141 Å². The van der Waals surface area contributed by atoms with Gasteiger partial charge in [0.15, 0.2) is 0 Å². The first-order chi connectivity index (χ1) is 11.5. The number of carbonyl (C=O) groups excluding carboxylic acids is 2. The second-order valence-corrected chi connectivity index (χ2v) is 5.97. The Bertz CT molecular complexity index is 793. The lowest BCUT2D eigenvalue weighted by Crippen LogP contribution is -2.21. The maximum Gasteiger partial charge on any atom is 0.228 e. The third-order valence-corrected chi connectivity index (χ3v) is 4.00. The van der Waals surface area contributed by atoms with E-state index in [1.54, 1.807) is 24.3 Å². The van der Waals surface area contributed by atoms with Crippen molar-refractivity contribution in [3.63, 3.8) is 0 Å². The second-order valence-electron chi connectivity index (χ2n) is 5.53. The fourth-order valence-corrected chi connectivity index (χ4v) is 2.60. The van der Waals surface area contributed by atoms with E-state index in [1.165, 1.54) is 6.07 Å². The number of rotatable bonds is 4. The van der Waals surface area contributed by atoms with E-state index in [-0.39, 0.29) is 5.91 Å². The van der Waals surface area contributed by atoms with Crippen molar-refractivity contribution in [1.29, 1.82) is 0 Å². The Morgan fingerprint density at radius 2 is 1.54 bits per heavy atom. The molecular formula is C17H13ClF2N2O2. The van der Waals surface area contributed by atoms with Crippen molar-refractivity contribution < 1.29 is 18.4 Å². The Balaban J connectivity index is 1.60. The van der Waals surface area contributed by atoms with Crippen molar-refractivity contribution in [3.8, 4) is 0 Å². The number of hydrogen-bond donors (Lipinski definition) is 2. The molecule has 2 unspecified atom stereocenters. The number of amides is 2. The molecule has 3 rings (SSSR count). The highest BCUT2D eigenvalue weighted by Gasteiger charge is 2.48. The fourth-order valence-electron chi connectivity index (χ4n) is 2.41. The summed E-state index contributed by atoms with van der Waals surface area (Å²) in [4.78, 5) is 24.2. The maximum atomic E-state index is 13.5. The number of carbonyl (C=O) groups is 2. The Morgan fingerprint density at radius 1 is 0.958 bits per heavy atom. The highest BCUT2D eigenvalue weighted by atomic mass is 35.5. The van der Waals surface area contributed by atoms with Crippen LogP contribution in [0.1, 0.15) is 6.42 Å². The van der Waals surface area contributed by atoms with E-state index in [1.807, 2.05) is 0 Å². The van der Waals surface area contributed by atoms with E-state index >= 15 is 0 Å². The van der Waals surface area contributed by atoms with Crippen LogP contribution in [0.25, 0.3) is 0 Å². The Morgan fingerprint density at radius 3 is 2.17 bits per heavy atom. The zero-order chi connectivity index (χ0) is 17.3. The average molecular weight is 351 g/mol. The average Bonchev–Trinajstić information content (AvgIpc) is 3.32. The molecule has 0 radical (unpaired) electrons. The molecule has 4 nitrogen and oxygen atoms in total. The molecule has 1 saturated carbocycles. The number of hydrogen-bond acceptors (Lipinski definition) is 2. The summed E-state index contributed by atoms with van der Waals surface area (Å²) in [6, 6.07) is 9.94. The quantitative estimate of drug-likeness (QED) is 0.880. The largest absolute Gasteiger partial charge is 0.326 e. The molecule has 0 aromatic heterocycles. The summed E-state index contributed by atoms with van der Waals surface area (Å²) in [7, 11) is 0. The predicted molar refractivity (Wildman–Crippen MR) is 86.7 cm³/mol. The third kappa shape index (κ3) is 3.54. The van der Waals surface area contributed by atoms with Crippen LogP contribution in [-0.4, -0.2) is 11.8 Å². The van der Waals surface area contributed by atoms with Gasteiger partial charge in [-0.3, -0.25) is 9.59 Å². The van der Waals surface area contributed by atoms with Crippen molar-refractivity contribution in [2.75, 3.05) is 10.6 Å². The van der Waals surface area contributed by atoms with Crippen LogP contribution < -0.4 is 10.6 Å². The molecule has 1 aliphatic carbocycles. The van der Waals surface area contributed by atoms with Gasteiger partial charge in [-0.15, -0.1) is 0 Å². The monoisotopic (exact) mass is 350 g/mol. The molecule has 1 aliphatic rings. The summed E-state index contributed by atoms with van der Waals surface area (Å²) in [6.07, 6.45) is 0.328. The van der Waals surface area contributed by atoms with Crippen LogP contribution in [0.4, 0.5) is 20.2 Å². The Kier molecular flexibility index (Phi) is 4.49. The van der Waals surface area contributed by atoms with E-state index in [9.17, 15) is 18.4 Å². The zero-order valence-electron chi connectivity index (χ0n) is 12.4. The highest BCUT2D eigenvalue weighted by molar-refractivity contribution is 6.30. The minimum Gasteiger partial charge on any atom is -0.326 e. The fraction of sp³-hybridized carbons (Fsp3) is 0.176. The first kappa shape index (κ1) is 16.4. The van der Waals surface area contributed by atoms with Gasteiger partial charge in [0, 0.05) is 10.7 Å². The van der Waals surface area contributed by atoms with Crippen LogP contribution in [0, 0.1) is 23.5 Å². The third-order valence-electron chi connectivity index (χ3n) is 3.77. The number of nitrogens with one attached hydrogen (secondary N) is 2. The predicted octanol–water partition coefficient (Wildman–Crippen LogP) is 3.83. The van der Waals surface area contributed by atoms with Crippen LogP contribution in [-0.2, 0) is 9.59 Å². The summed E-state index contributed by atoms with van der Waals surface area (Å²) in [6.45, 7) is 0. The first-order valence-electron chi connectivity index (χ1n) is 7.27. The normalized spacial score (nSPS) is 18.8. The molecule has 0 aliphatic heterocycles. The van der Waals surface area contributed by atoms with Crippen LogP contribution >= 0.6 is 11.6 Å². The lowest BCUT2D eigenvalue weighted by Gasteiger charge is -2.08. The van der Waals surface area contributed by atoms with E-state index < -0.39 is 35.1 Å². The molecule has 2 aromatic carbocycles. The van der Waals surface area contributed by atoms with Crippen molar-refractivity contribution in [2.24, 2.45) is 11.8 Å². The van der Waals surface area contributed by atoms with E-state index in [2.05, 4.69) is 10.6 Å². The molecule has 2 atom stereocenters. The van der Waals surface area contributed by atoms with Gasteiger partial charge in [-0.1, -0.05) is 23.7 Å². The SMILES string of the molecule is O=C(Nc1cccc(Cl)c1)C1CC1C(=O)Nc1c(F)cccc1F. The van der Waals surface area contributed by atoms with Gasteiger partial charge in [0.25, 0.3) is 0 Å². The van der Waals surface area contributed by atoms with E-state index in [0.717, 1.165) is 12.1 Å². The molecule has 124 valence electrons. The molecule has 2 N–H and O–H groups in total. The van der Waals surface area contributed by atoms with Crippen LogP contribution in [0.15, 0.2) is 42.5 Å². The van der Waals surface area contributed by atoms with Crippen LogP contribution in [0.2, 0.25) is 5.02 Å². The van der Waals surface area contributed by atoms with Crippen molar-refractivity contribution in [1.82, 2.24) is 0 Å². The summed E-state index contributed by atoms with van der Waals surface area (Å²) in [5.41, 5.74) is 0.0297. The summed E-state index contributed by atoms with van der Waals surface area (Å²) >= 11 is 5.84. The number of para-hydroxylation sites is 1. The summed E-state index contributed by atoms with van der Waals surface area (Å²) in [5, 5.41) is 5.35. The van der Waals surface area contributed by atoms with Gasteiger partial charge in [-0.05, 0) is 36.8 Å².